The molecule has 4 N–H and O–H groups in total. The molecule has 0 saturated carbocycles. The molecule has 0 aliphatic carbocycles. The number of imidazole rings is 2. The van der Waals surface area contributed by atoms with Crippen LogP contribution in [0, 0.1) is 0 Å². The minimum Gasteiger partial charge on any atom is -0.489 e. The lowest BCUT2D eigenvalue weighted by molar-refractivity contribution is -0.127. The Morgan fingerprint density at radius 3 is 1.69 bits per heavy atom. The molecule has 17 heteroatoms. The minimum absolute atomic E-state index is 0.0465. The number of fused-ring (bicyclic) bond motifs is 2. The molecule has 0 spiro atoms. The number of carbonyl (C=O) groups excluding carboxylic acids is 1. The summed E-state index contributed by atoms with van der Waals surface area (Å²) < 4.78 is 47.3. The molecule has 2 saturated heterocycles. The largest absolute Gasteiger partial charge is 0.489 e. The van der Waals surface area contributed by atoms with Gasteiger partial charge in [-0.3, -0.25) is 13.6 Å². The van der Waals surface area contributed by atoms with Crippen molar-refractivity contribution in [3.63, 3.8) is 0 Å². The average Bonchev–Trinajstić information content (AvgIpc) is 4.23. The Labute approximate surface area is 406 Å². The average molecular weight is 959 g/mol. The van der Waals surface area contributed by atoms with Crippen molar-refractivity contribution in [2.75, 3.05) is 38.3 Å². The van der Waals surface area contributed by atoms with Crippen molar-refractivity contribution < 1.29 is 27.4 Å². The Hall–Kier alpha value is -7.86. The number of ether oxygens (including phenoxy) is 3. The summed E-state index contributed by atoms with van der Waals surface area (Å²) >= 11 is 0. The van der Waals surface area contributed by atoms with Crippen LogP contribution in [0.4, 0.5) is 11.6 Å². The van der Waals surface area contributed by atoms with Crippen LogP contribution in [-0.2, 0) is 32.8 Å². The normalized spacial score (nSPS) is 16.2. The van der Waals surface area contributed by atoms with E-state index in [0.717, 1.165) is 75.5 Å². The molecule has 10 rings (SSSR count). The number of aromatic nitrogens is 6. The fourth-order valence-corrected chi connectivity index (χ4v) is 10.1. The molecule has 2 aliphatic rings. The van der Waals surface area contributed by atoms with Crippen molar-refractivity contribution in [2.24, 2.45) is 0 Å². The maximum Gasteiger partial charge on any atom is 0.246 e. The van der Waals surface area contributed by atoms with E-state index in [-0.39, 0.29) is 11.9 Å². The lowest BCUT2D eigenvalue weighted by Gasteiger charge is -2.22. The Bertz CT molecular complexity index is 3240. The van der Waals surface area contributed by atoms with E-state index in [1.165, 1.54) is 4.31 Å². The molecule has 0 unspecified atom stereocenters. The molecule has 6 heterocycles. The Kier molecular flexibility index (Phi) is 14.3. The summed E-state index contributed by atoms with van der Waals surface area (Å²) in [7, 11) is -1.98. The first-order chi connectivity index (χ1) is 34.1. The van der Waals surface area contributed by atoms with Gasteiger partial charge >= 0.3 is 0 Å². The highest BCUT2D eigenvalue weighted by Gasteiger charge is 2.37. The fourth-order valence-electron chi connectivity index (χ4n) is 8.99. The summed E-state index contributed by atoms with van der Waals surface area (Å²) in [5.74, 6) is 3.59. The van der Waals surface area contributed by atoms with Crippen LogP contribution < -0.4 is 20.9 Å². The van der Waals surface area contributed by atoms with Crippen LogP contribution >= 0.6 is 0 Å². The Morgan fingerprint density at radius 2 is 1.19 bits per heavy atom. The van der Waals surface area contributed by atoms with E-state index in [2.05, 4.69) is 16.5 Å². The molecule has 2 aliphatic heterocycles. The number of nitrogens with two attached hydrogens (primary N) is 2. The van der Waals surface area contributed by atoms with Crippen molar-refractivity contribution in [1.82, 2.24) is 37.9 Å². The quantitative estimate of drug-likeness (QED) is 0.0930. The van der Waals surface area contributed by atoms with Gasteiger partial charge in [-0.25, -0.2) is 28.4 Å². The van der Waals surface area contributed by atoms with E-state index in [0.29, 0.717) is 68.0 Å². The van der Waals surface area contributed by atoms with E-state index < -0.39 is 16.1 Å². The predicted octanol–water partition coefficient (Wildman–Crippen LogP) is 8.59. The fraction of sp³-hybridized carbons (Fsp3) is 0.226. The van der Waals surface area contributed by atoms with Crippen LogP contribution in [0.15, 0.2) is 158 Å². The zero-order chi connectivity index (χ0) is 48.6. The van der Waals surface area contributed by atoms with E-state index in [9.17, 15) is 13.2 Å². The summed E-state index contributed by atoms with van der Waals surface area (Å²) in [5.41, 5.74) is 19.3. The lowest BCUT2D eigenvalue weighted by Crippen LogP contribution is -2.30. The number of nitrogens with zero attached hydrogens (tertiary/aromatic N) is 8. The number of nitrogen functional groups attached to an aromatic ring is 2. The maximum atomic E-state index is 12.9. The van der Waals surface area contributed by atoms with Gasteiger partial charge in [-0.1, -0.05) is 73.3 Å². The molecule has 2 fully saturated rings. The predicted molar refractivity (Wildman–Crippen MR) is 270 cm³/mol. The highest BCUT2D eigenvalue weighted by Crippen LogP contribution is 2.39. The number of likely N-dealkylation sites (tertiary alicyclic amines) is 1. The number of anilines is 2. The van der Waals surface area contributed by atoms with Gasteiger partial charge in [-0.2, -0.15) is 4.31 Å². The molecule has 0 bridgehead atoms. The van der Waals surface area contributed by atoms with Crippen molar-refractivity contribution >= 4 is 38.6 Å². The van der Waals surface area contributed by atoms with Gasteiger partial charge in [0.05, 0.1) is 18.7 Å². The number of sulfonamides is 1. The molecule has 70 heavy (non-hydrogen) atoms. The van der Waals surface area contributed by atoms with Gasteiger partial charge in [-0.15, -0.1) is 0 Å². The third-order valence-corrected chi connectivity index (χ3v) is 13.9. The summed E-state index contributed by atoms with van der Waals surface area (Å²) in [6.07, 6.45) is 13.3. The molecular weight excluding hydrogens is 905 g/mol. The van der Waals surface area contributed by atoms with Gasteiger partial charge in [0, 0.05) is 67.6 Å². The first kappa shape index (κ1) is 47.2. The number of benzene rings is 4. The maximum absolute atomic E-state index is 12.9. The number of methoxy groups -OCH3 is 1. The molecule has 1 amide bonds. The van der Waals surface area contributed by atoms with Crippen LogP contribution in [0.2, 0.25) is 0 Å². The molecule has 0 radical (unpaired) electrons. The highest BCUT2D eigenvalue weighted by molar-refractivity contribution is 7.92. The SMILES string of the molecule is C=CS(=O)(=O)N1CCC[C@H]1c1nc(-c2ccc(OCc3ccccc3)cc2)c2c(N)nccn12.COC/C=C/C(=O)N1CCC[C@H]1c1nc(-c2ccc(OCc3ccccc3)cc2)c2c(N)nccn12. The van der Waals surface area contributed by atoms with Gasteiger partial charge in [0.2, 0.25) is 15.9 Å². The first-order valence-corrected chi connectivity index (χ1v) is 24.5. The van der Waals surface area contributed by atoms with Gasteiger partial charge < -0.3 is 30.6 Å². The minimum atomic E-state index is -3.58. The molecule has 8 aromatic rings. The number of carbonyl (C=O) groups is 1. The van der Waals surface area contributed by atoms with Crippen LogP contribution in [0.1, 0.15) is 60.5 Å². The van der Waals surface area contributed by atoms with Crippen LogP contribution in [-0.4, -0.2) is 79.1 Å². The Morgan fingerprint density at radius 1 is 0.700 bits per heavy atom. The topological polar surface area (TPSA) is 198 Å². The molecule has 16 nitrogen and oxygen atoms in total. The lowest BCUT2D eigenvalue weighted by atomic mass is 10.1. The third kappa shape index (κ3) is 10.1. The van der Waals surface area contributed by atoms with Gasteiger partial charge in [0.25, 0.3) is 0 Å². The van der Waals surface area contributed by atoms with E-state index in [1.807, 2.05) is 129 Å². The second-order valence-electron chi connectivity index (χ2n) is 16.8. The van der Waals surface area contributed by atoms with Crippen molar-refractivity contribution in [1.29, 1.82) is 0 Å². The number of rotatable bonds is 15. The van der Waals surface area contributed by atoms with E-state index in [4.69, 9.17) is 35.6 Å². The van der Waals surface area contributed by atoms with Gasteiger partial charge in [0.1, 0.15) is 70.4 Å². The van der Waals surface area contributed by atoms with Crippen molar-refractivity contribution in [3.8, 4) is 34.0 Å². The smallest absolute Gasteiger partial charge is 0.246 e. The summed E-state index contributed by atoms with van der Waals surface area (Å²) in [5, 5.41) is 0.992. The van der Waals surface area contributed by atoms with E-state index in [1.54, 1.807) is 37.9 Å². The standard InChI is InChI=1S/C28H29N5O3.C25H25N5O3S/c1-35-18-6-10-24(34)32-16-5-9-23(32)28-31-25(26-27(29)30-15-17-33(26)28)21-11-13-22(14-12-21)36-19-20-7-3-2-4-8-20;1-2-34(31,32)30-15-6-9-21(30)25-28-22(23-24(26)27-14-16-29(23)25)19-10-12-20(13-11-19)33-17-18-7-4-3-5-8-18/h2-4,6-8,10-15,17,23H,5,9,16,18-19H2,1H3,(H2,29,30);2-5,7-8,10-14,16,21H,1,6,9,15,17H2,(H2,26,27)/b10-6+;/t23-;21-/m00/s1. The summed E-state index contributed by atoms with van der Waals surface area (Å²) in [6, 6.07) is 34.9. The monoisotopic (exact) mass is 958 g/mol. The van der Waals surface area contributed by atoms with Gasteiger partial charge in [0.15, 0.2) is 0 Å². The van der Waals surface area contributed by atoms with Crippen LogP contribution in [0.3, 0.4) is 0 Å². The van der Waals surface area contributed by atoms with Crippen molar-refractivity contribution in [2.45, 2.75) is 51.0 Å². The molecule has 2 atom stereocenters. The Balaban J connectivity index is 0.000000174. The highest BCUT2D eigenvalue weighted by atomic mass is 32.2. The number of amides is 1. The number of hydrogen-bond acceptors (Lipinski definition) is 12. The molecule has 4 aromatic carbocycles. The molecular formula is C53H54N10O6S. The second kappa shape index (κ2) is 21.2. The molecule has 358 valence electrons. The first-order valence-electron chi connectivity index (χ1n) is 23.0. The zero-order valence-electron chi connectivity index (χ0n) is 38.7. The van der Waals surface area contributed by atoms with Crippen LogP contribution in [0.5, 0.6) is 11.5 Å². The summed E-state index contributed by atoms with van der Waals surface area (Å²) in [6.45, 7) is 5.96. The zero-order valence-corrected chi connectivity index (χ0v) is 39.6. The molecule has 4 aromatic heterocycles. The van der Waals surface area contributed by atoms with Crippen molar-refractivity contribution in [3.05, 3.63) is 181 Å². The van der Waals surface area contributed by atoms with Gasteiger partial charge in [-0.05, 0) is 85.3 Å². The summed E-state index contributed by atoms with van der Waals surface area (Å²) in [4.78, 5) is 33.2. The second-order valence-corrected chi connectivity index (χ2v) is 18.7. The van der Waals surface area contributed by atoms with Crippen LogP contribution in [0.25, 0.3) is 33.5 Å². The number of hydrogen-bond donors (Lipinski definition) is 2. The third-order valence-electron chi connectivity index (χ3n) is 12.4. The van der Waals surface area contributed by atoms with E-state index >= 15 is 0 Å².